The molecule has 10 heteroatoms. The summed E-state index contributed by atoms with van der Waals surface area (Å²) in [7, 11) is -4.42. The van der Waals surface area contributed by atoms with E-state index in [0.29, 0.717) is 19.3 Å². The summed E-state index contributed by atoms with van der Waals surface area (Å²) in [6, 6.07) is 0. The Balaban J connectivity index is 4.14. The maximum Gasteiger partial charge on any atom is 0.472 e. The first-order chi connectivity index (χ1) is 37.8. The van der Waals surface area contributed by atoms with Crippen LogP contribution in [-0.4, -0.2) is 49.3 Å². The molecule has 77 heavy (non-hydrogen) atoms. The molecule has 0 aliphatic rings. The van der Waals surface area contributed by atoms with Gasteiger partial charge in [-0.2, -0.15) is 0 Å². The zero-order valence-corrected chi connectivity index (χ0v) is 49.0. The molecule has 0 aromatic carbocycles. The van der Waals surface area contributed by atoms with Gasteiger partial charge in [-0.1, -0.05) is 242 Å². The Labute approximate surface area is 470 Å². The fourth-order valence-corrected chi connectivity index (χ4v) is 8.08. The van der Waals surface area contributed by atoms with Crippen LogP contribution in [0.3, 0.4) is 0 Å². The fraction of sp³-hybridized carbons (Fsp3) is 0.552. The zero-order valence-electron chi connectivity index (χ0n) is 48.1. The van der Waals surface area contributed by atoms with Crippen molar-refractivity contribution in [1.82, 2.24) is 0 Å². The lowest BCUT2D eigenvalue weighted by molar-refractivity contribution is -0.161. The number of allylic oxidation sites excluding steroid dienone is 28. The lowest BCUT2D eigenvalue weighted by Crippen LogP contribution is -2.29. The van der Waals surface area contributed by atoms with Gasteiger partial charge >= 0.3 is 19.8 Å². The third-order valence-corrected chi connectivity index (χ3v) is 12.6. The molecule has 0 fully saturated rings. The number of esters is 2. The van der Waals surface area contributed by atoms with Crippen LogP contribution in [-0.2, 0) is 32.7 Å². The van der Waals surface area contributed by atoms with Gasteiger partial charge in [0.2, 0.25) is 0 Å². The predicted octanol–water partition coefficient (Wildman–Crippen LogP) is 19.1. The monoisotopic (exact) mass is 1080 g/mol. The van der Waals surface area contributed by atoms with Gasteiger partial charge in [0, 0.05) is 19.4 Å². The molecule has 0 aliphatic heterocycles. The molecule has 432 valence electrons. The van der Waals surface area contributed by atoms with E-state index in [1.807, 2.05) is 6.08 Å². The van der Waals surface area contributed by atoms with Crippen LogP contribution in [0.15, 0.2) is 170 Å². The molecule has 0 bridgehead atoms. The number of unbranched alkanes of at least 4 members (excludes halogenated alkanes) is 12. The minimum absolute atomic E-state index is 0.0340. The van der Waals surface area contributed by atoms with E-state index in [-0.39, 0.29) is 32.6 Å². The number of phosphoric acid groups is 1. The van der Waals surface area contributed by atoms with Crippen LogP contribution in [0.1, 0.15) is 206 Å². The highest BCUT2D eigenvalue weighted by atomic mass is 31.2. The molecular formula is C67H106NO8P. The highest BCUT2D eigenvalue weighted by molar-refractivity contribution is 7.47. The average molecular weight is 1080 g/mol. The average Bonchev–Trinajstić information content (AvgIpc) is 3.42. The summed E-state index contributed by atoms with van der Waals surface area (Å²) in [5.41, 5.74) is 5.38. The van der Waals surface area contributed by atoms with E-state index < -0.39 is 32.5 Å². The van der Waals surface area contributed by atoms with Crippen molar-refractivity contribution in [3.8, 4) is 0 Å². The quantitative estimate of drug-likeness (QED) is 0.0264. The van der Waals surface area contributed by atoms with Gasteiger partial charge in [0.1, 0.15) is 6.61 Å². The summed E-state index contributed by atoms with van der Waals surface area (Å²) in [6.07, 6.45) is 89.8. The van der Waals surface area contributed by atoms with Crippen LogP contribution >= 0.6 is 7.82 Å². The highest BCUT2D eigenvalue weighted by Crippen LogP contribution is 2.43. The van der Waals surface area contributed by atoms with Gasteiger partial charge in [0.05, 0.1) is 13.2 Å². The number of hydrogen-bond acceptors (Lipinski definition) is 8. The van der Waals surface area contributed by atoms with Crippen molar-refractivity contribution in [2.45, 2.75) is 213 Å². The van der Waals surface area contributed by atoms with Crippen molar-refractivity contribution in [2.24, 2.45) is 5.73 Å². The van der Waals surface area contributed by atoms with E-state index in [9.17, 15) is 19.0 Å². The maximum absolute atomic E-state index is 12.7. The zero-order chi connectivity index (χ0) is 55.9. The Morgan fingerprint density at radius 3 is 1.04 bits per heavy atom. The Hall–Kier alpha value is -4.63. The third kappa shape index (κ3) is 60.5. The lowest BCUT2D eigenvalue weighted by atomic mass is 10.0. The van der Waals surface area contributed by atoms with Crippen LogP contribution in [0.2, 0.25) is 0 Å². The molecule has 2 unspecified atom stereocenters. The normalized spacial score (nSPS) is 14.3. The molecule has 0 spiro atoms. The van der Waals surface area contributed by atoms with Gasteiger partial charge < -0.3 is 20.1 Å². The van der Waals surface area contributed by atoms with Crippen molar-refractivity contribution in [2.75, 3.05) is 26.4 Å². The number of phosphoric ester groups is 1. The number of rotatable bonds is 53. The summed E-state index contributed by atoms with van der Waals surface area (Å²) in [5, 5.41) is 0. The van der Waals surface area contributed by atoms with Gasteiger partial charge in [-0.15, -0.1) is 0 Å². The predicted molar refractivity (Wildman–Crippen MR) is 329 cm³/mol. The van der Waals surface area contributed by atoms with E-state index in [4.69, 9.17) is 24.3 Å². The molecule has 0 aromatic rings. The second kappa shape index (κ2) is 60.6. The lowest BCUT2D eigenvalue weighted by Gasteiger charge is -2.19. The van der Waals surface area contributed by atoms with E-state index in [2.05, 4.69) is 178 Å². The standard InChI is InChI=1S/C67H106NO8P/c1-3-5-7-9-11-13-15-17-19-21-23-25-27-29-31-32-34-36-38-40-42-44-46-48-50-52-54-56-58-60-67(70)76-65(64-75-77(71,72)74-62-61-68)63-73-66(69)59-57-55-53-51-49-47-45-43-41-39-37-35-33-30-28-26-24-22-20-18-16-14-12-10-8-6-4-2/h5-8,11-14,17-20,23-26,29-31,33-34,36,40,42,46,48,52,54,65H,3-4,9-10,15-16,21-22,27-28,32,35,37-39,41,43-45,47,49-51,53,55-64,68H2,1-2H3,(H,71,72)/b7-5-,8-6-,13-11-,14-12-,19-17-,20-18-,25-23-,26-24-,31-29-,33-30-,36-34-,42-40-,48-46-,54-52-. The van der Waals surface area contributed by atoms with E-state index in [1.54, 1.807) is 0 Å². The van der Waals surface area contributed by atoms with Crippen molar-refractivity contribution < 1.29 is 37.6 Å². The van der Waals surface area contributed by atoms with Gasteiger partial charge in [-0.25, -0.2) is 4.57 Å². The molecule has 0 radical (unpaired) electrons. The minimum atomic E-state index is -4.42. The van der Waals surface area contributed by atoms with Gasteiger partial charge in [-0.3, -0.25) is 18.6 Å². The number of hydrogen-bond donors (Lipinski definition) is 2. The van der Waals surface area contributed by atoms with Crippen molar-refractivity contribution >= 4 is 19.8 Å². The number of nitrogens with two attached hydrogens (primary N) is 1. The maximum atomic E-state index is 12.7. The molecule has 0 rings (SSSR count). The smallest absolute Gasteiger partial charge is 0.462 e. The van der Waals surface area contributed by atoms with Crippen LogP contribution in [0.25, 0.3) is 0 Å². The second-order valence-corrected chi connectivity index (χ2v) is 20.2. The van der Waals surface area contributed by atoms with Crippen molar-refractivity contribution in [3.63, 3.8) is 0 Å². The summed E-state index contributed by atoms with van der Waals surface area (Å²) in [5.74, 6) is -0.915. The summed E-state index contributed by atoms with van der Waals surface area (Å²) < 4.78 is 33.0. The van der Waals surface area contributed by atoms with E-state index in [1.165, 1.54) is 44.9 Å². The topological polar surface area (TPSA) is 134 Å². The molecular weight excluding hydrogens is 978 g/mol. The SMILES string of the molecule is CC/C=C\C/C=C\C/C=C\C/C=C\C/C=C\C/C=C\C/C=C\C/C=C\C/C=C\CCCC(=O)OC(COC(=O)CCCCCCCCCCCCC/C=C\C/C=C\C/C=C\C/C=C\C/C=C\CC)COP(=O)(O)OCCN. The first-order valence-corrected chi connectivity index (χ1v) is 31.1. The van der Waals surface area contributed by atoms with Crippen molar-refractivity contribution in [3.05, 3.63) is 170 Å². The minimum Gasteiger partial charge on any atom is -0.462 e. The Morgan fingerprint density at radius 2 is 0.688 bits per heavy atom. The molecule has 0 heterocycles. The Kier molecular flexibility index (Phi) is 57.0. The molecule has 9 nitrogen and oxygen atoms in total. The summed E-state index contributed by atoms with van der Waals surface area (Å²) >= 11 is 0. The molecule has 3 N–H and O–H groups in total. The molecule has 2 atom stereocenters. The first-order valence-electron chi connectivity index (χ1n) is 29.6. The van der Waals surface area contributed by atoms with Crippen molar-refractivity contribution in [1.29, 1.82) is 0 Å². The summed E-state index contributed by atoms with van der Waals surface area (Å²) in [6.45, 7) is 3.42. The molecule has 0 aliphatic carbocycles. The number of carbonyl (C=O) groups excluding carboxylic acids is 2. The number of carbonyl (C=O) groups is 2. The Morgan fingerprint density at radius 1 is 0.390 bits per heavy atom. The van der Waals surface area contributed by atoms with Crippen LogP contribution < -0.4 is 5.73 Å². The van der Waals surface area contributed by atoms with Crippen LogP contribution in [0, 0.1) is 0 Å². The van der Waals surface area contributed by atoms with E-state index in [0.717, 1.165) is 116 Å². The second-order valence-electron chi connectivity index (χ2n) is 18.7. The molecule has 0 saturated heterocycles. The third-order valence-electron chi connectivity index (χ3n) is 11.6. The largest absolute Gasteiger partial charge is 0.472 e. The molecule has 0 amide bonds. The van der Waals surface area contributed by atoms with Gasteiger partial charge in [-0.05, 0) is 122 Å². The summed E-state index contributed by atoms with van der Waals surface area (Å²) in [4.78, 5) is 35.2. The van der Waals surface area contributed by atoms with Crippen LogP contribution in [0.4, 0.5) is 0 Å². The van der Waals surface area contributed by atoms with Crippen LogP contribution in [0.5, 0.6) is 0 Å². The fourth-order valence-electron chi connectivity index (χ4n) is 7.31. The highest BCUT2D eigenvalue weighted by Gasteiger charge is 2.26. The molecule has 0 aromatic heterocycles. The number of ether oxygens (including phenoxy) is 2. The van der Waals surface area contributed by atoms with E-state index >= 15 is 0 Å². The van der Waals surface area contributed by atoms with Gasteiger partial charge in [0.15, 0.2) is 6.10 Å². The Bertz CT molecular complexity index is 1860. The molecule has 0 saturated carbocycles. The first kappa shape index (κ1) is 72.4. The van der Waals surface area contributed by atoms with Gasteiger partial charge in [0.25, 0.3) is 0 Å².